The number of hydrogen-bond donors (Lipinski definition) is 3. The van der Waals surface area contributed by atoms with Crippen molar-refractivity contribution >= 4 is 11.9 Å². The molecule has 0 bridgehead atoms. The van der Waals surface area contributed by atoms with Crippen LogP contribution in [0, 0.1) is 10.8 Å². The molecular formula is C14H26O6. The number of carbonyl (C=O) groups is 2. The Hall–Kier alpha value is -1.40. The first-order valence-electron chi connectivity index (χ1n) is 6.17. The summed E-state index contributed by atoms with van der Waals surface area (Å²) in [5.41, 5.74) is -1.12. The lowest BCUT2D eigenvalue weighted by Gasteiger charge is -2.25. The first-order chi connectivity index (χ1) is 8.89. The minimum atomic E-state index is -0.935. The maximum absolute atomic E-state index is 11.4. The molecule has 118 valence electrons. The zero-order chi connectivity index (χ0) is 16.6. The van der Waals surface area contributed by atoms with Gasteiger partial charge in [0.2, 0.25) is 0 Å². The Morgan fingerprint density at radius 1 is 1.10 bits per heavy atom. The summed E-state index contributed by atoms with van der Waals surface area (Å²) in [5.74, 6) is -1.38. The standard InChI is InChI=1S/C10H20O4.C4H6O2/c1-9(2,5-11)7-14-8(13)10(3,4)6-12;1-3(2)4(5)6/h11-12H,5-7H2,1-4H3;1H2,2H3,(H,5,6). The van der Waals surface area contributed by atoms with E-state index < -0.39 is 22.8 Å². The van der Waals surface area contributed by atoms with E-state index >= 15 is 0 Å². The number of rotatable bonds is 6. The average molecular weight is 290 g/mol. The molecule has 6 nitrogen and oxygen atoms in total. The molecule has 0 aliphatic rings. The lowest BCUT2D eigenvalue weighted by atomic mass is 9.94. The molecule has 0 atom stereocenters. The monoisotopic (exact) mass is 290 g/mol. The number of aliphatic carboxylic acids is 1. The van der Waals surface area contributed by atoms with E-state index in [9.17, 15) is 9.59 Å². The molecule has 0 aromatic rings. The van der Waals surface area contributed by atoms with Gasteiger partial charge in [0, 0.05) is 11.0 Å². The highest BCUT2D eigenvalue weighted by molar-refractivity contribution is 5.84. The second-order valence-corrected chi connectivity index (χ2v) is 6.03. The van der Waals surface area contributed by atoms with Gasteiger partial charge in [-0.2, -0.15) is 0 Å². The molecule has 0 amide bonds. The molecule has 0 radical (unpaired) electrons. The zero-order valence-corrected chi connectivity index (χ0v) is 12.9. The fraction of sp³-hybridized carbons (Fsp3) is 0.714. The van der Waals surface area contributed by atoms with Gasteiger partial charge in [-0.15, -0.1) is 0 Å². The Bertz CT molecular complexity index is 332. The molecular weight excluding hydrogens is 264 g/mol. The van der Waals surface area contributed by atoms with E-state index in [0.29, 0.717) is 0 Å². The van der Waals surface area contributed by atoms with Crippen LogP contribution >= 0.6 is 0 Å². The predicted octanol–water partition coefficient (Wildman–Crippen LogP) is 1.21. The molecule has 0 aromatic carbocycles. The van der Waals surface area contributed by atoms with E-state index in [1.165, 1.54) is 6.92 Å². The van der Waals surface area contributed by atoms with Gasteiger partial charge in [0.05, 0.1) is 25.2 Å². The Labute approximate surface area is 120 Å². The maximum Gasteiger partial charge on any atom is 0.330 e. The fourth-order valence-electron chi connectivity index (χ4n) is 0.566. The van der Waals surface area contributed by atoms with Gasteiger partial charge < -0.3 is 20.1 Å². The molecule has 20 heavy (non-hydrogen) atoms. The number of aliphatic hydroxyl groups is 2. The SMILES string of the molecule is C=C(C)C(=O)O.CC(C)(CO)COC(=O)C(C)(C)CO. The Morgan fingerprint density at radius 2 is 1.50 bits per heavy atom. The van der Waals surface area contributed by atoms with Gasteiger partial charge in [-0.3, -0.25) is 4.79 Å². The van der Waals surface area contributed by atoms with E-state index in [4.69, 9.17) is 20.1 Å². The highest BCUT2D eigenvalue weighted by Gasteiger charge is 2.30. The summed E-state index contributed by atoms with van der Waals surface area (Å²) in [4.78, 5) is 21.0. The lowest BCUT2D eigenvalue weighted by molar-refractivity contribution is -0.159. The summed E-state index contributed by atoms with van der Waals surface area (Å²) in [7, 11) is 0. The highest BCUT2D eigenvalue weighted by atomic mass is 16.5. The second kappa shape index (κ2) is 8.71. The van der Waals surface area contributed by atoms with Crippen molar-refractivity contribution in [2.45, 2.75) is 34.6 Å². The molecule has 0 aliphatic heterocycles. The molecule has 6 heteroatoms. The first-order valence-corrected chi connectivity index (χ1v) is 6.17. The predicted molar refractivity (Wildman–Crippen MR) is 75.1 cm³/mol. The smallest absolute Gasteiger partial charge is 0.330 e. The first kappa shape index (κ1) is 20.9. The number of carboxylic acid groups (broad SMARTS) is 1. The Morgan fingerprint density at radius 3 is 1.75 bits per heavy atom. The van der Waals surface area contributed by atoms with Crippen LogP contribution in [0.4, 0.5) is 0 Å². The number of carboxylic acids is 1. The van der Waals surface area contributed by atoms with Crippen molar-refractivity contribution in [3.63, 3.8) is 0 Å². The van der Waals surface area contributed by atoms with Crippen molar-refractivity contribution < 1.29 is 29.6 Å². The number of carbonyl (C=O) groups excluding carboxylic acids is 1. The quantitative estimate of drug-likeness (QED) is 0.502. The number of esters is 1. The van der Waals surface area contributed by atoms with E-state index in [-0.39, 0.29) is 25.4 Å². The molecule has 0 saturated carbocycles. The maximum atomic E-state index is 11.4. The lowest BCUT2D eigenvalue weighted by Crippen LogP contribution is -2.34. The molecule has 0 fully saturated rings. The van der Waals surface area contributed by atoms with E-state index in [0.717, 1.165) is 0 Å². The van der Waals surface area contributed by atoms with Gasteiger partial charge in [-0.25, -0.2) is 4.79 Å². The van der Waals surface area contributed by atoms with Crippen molar-refractivity contribution in [2.24, 2.45) is 10.8 Å². The largest absolute Gasteiger partial charge is 0.478 e. The minimum absolute atomic E-state index is 0.0418. The van der Waals surface area contributed by atoms with Crippen LogP contribution in [0.5, 0.6) is 0 Å². The fourth-order valence-corrected chi connectivity index (χ4v) is 0.566. The molecule has 0 rings (SSSR count). The summed E-state index contributed by atoms with van der Waals surface area (Å²) in [5, 5.41) is 25.7. The van der Waals surface area contributed by atoms with Crippen LogP contribution in [0.15, 0.2) is 12.2 Å². The third kappa shape index (κ3) is 9.52. The Kier molecular flexibility index (Phi) is 9.10. The topological polar surface area (TPSA) is 104 Å². The van der Waals surface area contributed by atoms with Crippen molar-refractivity contribution in [3.05, 3.63) is 12.2 Å². The normalized spacial score (nSPS) is 11.2. The minimum Gasteiger partial charge on any atom is -0.478 e. The number of hydrogen-bond acceptors (Lipinski definition) is 5. The van der Waals surface area contributed by atoms with E-state index in [1.807, 2.05) is 0 Å². The molecule has 0 aliphatic carbocycles. The van der Waals surface area contributed by atoms with Crippen LogP contribution in [0.25, 0.3) is 0 Å². The molecule has 0 aromatic heterocycles. The van der Waals surface area contributed by atoms with Gasteiger partial charge >= 0.3 is 11.9 Å². The van der Waals surface area contributed by atoms with Gasteiger partial charge in [-0.05, 0) is 20.8 Å². The molecule has 0 spiro atoms. The number of ether oxygens (including phenoxy) is 1. The molecule has 0 heterocycles. The van der Waals surface area contributed by atoms with Crippen molar-refractivity contribution in [3.8, 4) is 0 Å². The summed E-state index contributed by atoms with van der Waals surface area (Å²) >= 11 is 0. The Balaban J connectivity index is 0. The van der Waals surface area contributed by atoms with Crippen molar-refractivity contribution in [1.29, 1.82) is 0 Å². The second-order valence-electron chi connectivity index (χ2n) is 6.03. The van der Waals surface area contributed by atoms with Crippen LogP contribution < -0.4 is 0 Å². The van der Waals surface area contributed by atoms with Crippen LogP contribution in [0.1, 0.15) is 34.6 Å². The van der Waals surface area contributed by atoms with Gasteiger partial charge in [-0.1, -0.05) is 20.4 Å². The van der Waals surface area contributed by atoms with Gasteiger partial charge in [0.1, 0.15) is 0 Å². The molecule has 0 unspecified atom stereocenters. The highest BCUT2D eigenvalue weighted by Crippen LogP contribution is 2.19. The van der Waals surface area contributed by atoms with Gasteiger partial charge in [0.15, 0.2) is 0 Å². The van der Waals surface area contributed by atoms with Crippen LogP contribution in [-0.2, 0) is 14.3 Å². The number of aliphatic hydroxyl groups excluding tert-OH is 2. The van der Waals surface area contributed by atoms with Crippen LogP contribution in [-0.4, -0.2) is 47.1 Å². The third-order valence-corrected chi connectivity index (χ3v) is 2.33. The summed E-state index contributed by atoms with van der Waals surface area (Å²) in [6.45, 7) is 11.3. The van der Waals surface area contributed by atoms with Crippen LogP contribution in [0.3, 0.4) is 0 Å². The summed E-state index contributed by atoms with van der Waals surface area (Å²) < 4.78 is 4.99. The molecule has 3 N–H and O–H groups in total. The summed E-state index contributed by atoms with van der Waals surface area (Å²) in [6.07, 6.45) is 0. The van der Waals surface area contributed by atoms with Crippen LogP contribution in [0.2, 0.25) is 0 Å². The van der Waals surface area contributed by atoms with E-state index in [1.54, 1.807) is 27.7 Å². The molecule has 0 saturated heterocycles. The summed E-state index contributed by atoms with van der Waals surface area (Å²) in [6, 6.07) is 0. The average Bonchev–Trinajstić information content (AvgIpc) is 2.36. The third-order valence-electron chi connectivity index (χ3n) is 2.33. The van der Waals surface area contributed by atoms with Gasteiger partial charge in [0.25, 0.3) is 0 Å². The zero-order valence-electron chi connectivity index (χ0n) is 12.9. The van der Waals surface area contributed by atoms with E-state index in [2.05, 4.69) is 6.58 Å². The van der Waals surface area contributed by atoms with Crippen molar-refractivity contribution in [1.82, 2.24) is 0 Å². The van der Waals surface area contributed by atoms with Crippen molar-refractivity contribution in [2.75, 3.05) is 19.8 Å².